The van der Waals surface area contributed by atoms with Crippen LogP contribution in [0.15, 0.2) is 83.6 Å². The summed E-state index contributed by atoms with van der Waals surface area (Å²) < 4.78 is 4.04. The van der Waals surface area contributed by atoms with Crippen molar-refractivity contribution in [3.63, 3.8) is 0 Å². The molecule has 0 unspecified atom stereocenters. The number of rotatable bonds is 8. The van der Waals surface area contributed by atoms with Crippen LogP contribution in [-0.4, -0.2) is 39.5 Å². The second-order valence-electron chi connectivity index (χ2n) is 7.60. The van der Waals surface area contributed by atoms with Gasteiger partial charge in [-0.1, -0.05) is 47.8 Å². The molecule has 0 bridgehead atoms. The molecule has 5 rings (SSSR count). The molecular formula is C24H22N8S2. The number of benzene rings is 1. The van der Waals surface area contributed by atoms with Gasteiger partial charge in [-0.15, -0.1) is 20.4 Å². The lowest BCUT2D eigenvalue weighted by atomic mass is 10.2. The normalized spacial score (nSPS) is 11.1. The van der Waals surface area contributed by atoms with Crippen molar-refractivity contribution in [1.29, 1.82) is 0 Å². The summed E-state index contributed by atoms with van der Waals surface area (Å²) in [5.74, 6) is 3.34. The predicted molar refractivity (Wildman–Crippen MR) is 134 cm³/mol. The first-order valence-corrected chi connectivity index (χ1v) is 12.6. The highest BCUT2D eigenvalue weighted by Crippen LogP contribution is 2.27. The standard InChI is InChI=1S/C24H22N8S2/c1-31-21(19-7-11-25-12-8-19)27-29-23(31)33-15-17-3-5-18(6-4-17)16-34-24-30-28-22(32(24)2)20-9-13-26-14-10-20/h3-14H,15-16H2,1-2H3. The molecule has 0 saturated carbocycles. The maximum atomic E-state index is 4.35. The van der Waals surface area contributed by atoms with Crippen molar-refractivity contribution in [1.82, 2.24) is 39.5 Å². The smallest absolute Gasteiger partial charge is 0.191 e. The topological polar surface area (TPSA) is 87.2 Å². The molecule has 0 saturated heterocycles. The Labute approximate surface area is 205 Å². The zero-order valence-electron chi connectivity index (χ0n) is 18.7. The Morgan fingerprint density at radius 3 is 1.32 bits per heavy atom. The van der Waals surface area contributed by atoms with Gasteiger partial charge in [0, 0.05) is 61.5 Å². The van der Waals surface area contributed by atoms with Crippen molar-refractivity contribution in [2.75, 3.05) is 0 Å². The van der Waals surface area contributed by atoms with Crippen LogP contribution < -0.4 is 0 Å². The maximum absolute atomic E-state index is 4.35. The molecule has 10 heteroatoms. The molecular weight excluding hydrogens is 464 g/mol. The number of aromatic nitrogens is 8. The molecule has 0 fully saturated rings. The van der Waals surface area contributed by atoms with Crippen LogP contribution in [0.2, 0.25) is 0 Å². The van der Waals surface area contributed by atoms with E-state index in [1.165, 1.54) is 11.1 Å². The summed E-state index contributed by atoms with van der Waals surface area (Å²) in [7, 11) is 3.98. The number of thioether (sulfide) groups is 2. The first kappa shape index (κ1) is 22.3. The molecule has 8 nitrogen and oxygen atoms in total. The van der Waals surface area contributed by atoms with Crippen molar-refractivity contribution in [3.8, 4) is 22.8 Å². The predicted octanol–water partition coefficient (Wildman–Crippen LogP) is 4.65. The highest BCUT2D eigenvalue weighted by atomic mass is 32.2. The molecule has 0 atom stereocenters. The highest BCUT2D eigenvalue weighted by Gasteiger charge is 2.12. The van der Waals surface area contributed by atoms with E-state index in [0.29, 0.717) is 0 Å². The van der Waals surface area contributed by atoms with Crippen LogP contribution >= 0.6 is 23.5 Å². The quantitative estimate of drug-likeness (QED) is 0.293. The summed E-state index contributed by atoms with van der Waals surface area (Å²) in [4.78, 5) is 8.13. The number of pyridine rings is 2. The molecule has 170 valence electrons. The Bertz CT molecular complexity index is 1260. The molecule has 4 aromatic heterocycles. The second-order valence-corrected chi connectivity index (χ2v) is 9.48. The van der Waals surface area contributed by atoms with Crippen molar-refractivity contribution in [2.24, 2.45) is 14.1 Å². The molecule has 0 amide bonds. The highest BCUT2D eigenvalue weighted by molar-refractivity contribution is 7.98. The van der Waals surface area contributed by atoms with Gasteiger partial charge in [0.05, 0.1) is 0 Å². The zero-order chi connectivity index (χ0) is 23.3. The lowest BCUT2D eigenvalue weighted by Gasteiger charge is -2.06. The fraction of sp³-hybridized carbons (Fsp3) is 0.167. The molecule has 4 heterocycles. The van der Waals surface area contributed by atoms with Crippen LogP contribution in [-0.2, 0) is 25.6 Å². The lowest BCUT2D eigenvalue weighted by Crippen LogP contribution is -1.95. The third kappa shape index (κ3) is 4.87. The Balaban J connectivity index is 1.18. The van der Waals surface area contributed by atoms with Gasteiger partial charge in [0.2, 0.25) is 0 Å². The first-order chi connectivity index (χ1) is 16.7. The summed E-state index contributed by atoms with van der Waals surface area (Å²) in [6, 6.07) is 16.4. The van der Waals surface area contributed by atoms with Gasteiger partial charge >= 0.3 is 0 Å². The van der Waals surface area contributed by atoms with Gasteiger partial charge < -0.3 is 9.13 Å². The van der Waals surface area contributed by atoms with Gasteiger partial charge in [0.15, 0.2) is 22.0 Å². The van der Waals surface area contributed by atoms with Crippen LogP contribution in [0.4, 0.5) is 0 Å². The molecule has 0 aliphatic carbocycles. The minimum atomic E-state index is 0.828. The van der Waals surface area contributed by atoms with Crippen LogP contribution in [0.5, 0.6) is 0 Å². The summed E-state index contributed by atoms with van der Waals surface area (Å²) in [5, 5.41) is 19.2. The van der Waals surface area contributed by atoms with Gasteiger partial charge in [0.1, 0.15) is 0 Å². The molecule has 34 heavy (non-hydrogen) atoms. The van der Waals surface area contributed by atoms with Gasteiger partial charge in [0.25, 0.3) is 0 Å². The van der Waals surface area contributed by atoms with E-state index in [2.05, 4.69) is 54.6 Å². The lowest BCUT2D eigenvalue weighted by molar-refractivity contribution is 0.793. The summed E-state index contributed by atoms with van der Waals surface area (Å²) >= 11 is 3.35. The number of hydrogen-bond acceptors (Lipinski definition) is 8. The van der Waals surface area contributed by atoms with E-state index in [-0.39, 0.29) is 0 Å². The second kappa shape index (κ2) is 10.2. The van der Waals surface area contributed by atoms with Crippen LogP contribution in [0.3, 0.4) is 0 Å². The Hall–Kier alpha value is -3.50. The van der Waals surface area contributed by atoms with Crippen molar-refractivity contribution < 1.29 is 0 Å². The van der Waals surface area contributed by atoms with E-state index in [0.717, 1.165) is 44.6 Å². The van der Waals surface area contributed by atoms with Crippen LogP contribution in [0.1, 0.15) is 11.1 Å². The van der Waals surface area contributed by atoms with E-state index in [4.69, 9.17) is 0 Å². The average molecular weight is 487 g/mol. The third-order valence-electron chi connectivity index (χ3n) is 5.31. The average Bonchev–Trinajstić information content (AvgIpc) is 3.45. The summed E-state index contributed by atoms with van der Waals surface area (Å²) in [5.41, 5.74) is 4.50. The van der Waals surface area contributed by atoms with Crippen molar-refractivity contribution >= 4 is 23.5 Å². The first-order valence-electron chi connectivity index (χ1n) is 10.6. The van der Waals surface area contributed by atoms with E-state index >= 15 is 0 Å². The molecule has 1 aromatic carbocycles. The number of nitrogens with zero attached hydrogens (tertiary/aromatic N) is 8. The fourth-order valence-corrected chi connectivity index (χ4v) is 5.15. The molecule has 0 spiro atoms. The maximum Gasteiger partial charge on any atom is 0.191 e. The Kier molecular flexibility index (Phi) is 6.68. The molecule has 0 N–H and O–H groups in total. The molecule has 0 aliphatic heterocycles. The van der Waals surface area contributed by atoms with Crippen molar-refractivity contribution in [3.05, 3.63) is 84.4 Å². The minimum absolute atomic E-state index is 0.828. The van der Waals surface area contributed by atoms with E-state index in [9.17, 15) is 0 Å². The molecule has 0 aliphatic rings. The SMILES string of the molecule is Cn1c(SCc2ccc(CSc3nnc(-c4ccncc4)n3C)cc2)nnc1-c1ccncc1. The largest absolute Gasteiger partial charge is 0.305 e. The van der Waals surface area contributed by atoms with Crippen molar-refractivity contribution in [2.45, 2.75) is 21.8 Å². The Morgan fingerprint density at radius 1 is 0.559 bits per heavy atom. The monoisotopic (exact) mass is 486 g/mol. The van der Waals surface area contributed by atoms with Gasteiger partial charge in [-0.25, -0.2) is 0 Å². The van der Waals surface area contributed by atoms with E-state index < -0.39 is 0 Å². The van der Waals surface area contributed by atoms with Gasteiger partial charge in [-0.2, -0.15) is 0 Å². The minimum Gasteiger partial charge on any atom is -0.305 e. The molecule has 0 radical (unpaired) electrons. The van der Waals surface area contributed by atoms with Crippen LogP contribution in [0, 0.1) is 0 Å². The van der Waals surface area contributed by atoms with Crippen LogP contribution in [0.25, 0.3) is 22.8 Å². The third-order valence-corrected chi connectivity index (χ3v) is 7.49. The molecule has 5 aromatic rings. The van der Waals surface area contributed by atoms with Gasteiger partial charge in [-0.3, -0.25) is 9.97 Å². The van der Waals surface area contributed by atoms with E-state index in [1.54, 1.807) is 48.3 Å². The van der Waals surface area contributed by atoms with E-state index in [1.807, 2.05) is 47.5 Å². The number of hydrogen-bond donors (Lipinski definition) is 0. The summed E-state index contributed by atoms with van der Waals surface area (Å²) in [6.07, 6.45) is 7.06. The fourth-order valence-electron chi connectivity index (χ4n) is 3.41. The zero-order valence-corrected chi connectivity index (χ0v) is 20.4. The Morgan fingerprint density at radius 2 is 0.941 bits per heavy atom. The van der Waals surface area contributed by atoms with Gasteiger partial charge in [-0.05, 0) is 35.4 Å². The summed E-state index contributed by atoms with van der Waals surface area (Å²) in [6.45, 7) is 0.